The molecule has 0 bridgehead atoms. The van der Waals surface area contributed by atoms with Gasteiger partial charge in [0.2, 0.25) is 0 Å². The Hall–Kier alpha value is -2.44. The van der Waals surface area contributed by atoms with E-state index < -0.39 is 18.5 Å². The monoisotopic (exact) mass is 366 g/mol. The van der Waals surface area contributed by atoms with Crippen LogP contribution in [0.4, 0.5) is 5.69 Å². The van der Waals surface area contributed by atoms with E-state index in [2.05, 4.69) is 10.3 Å². The number of carbonyl (C=O) groups is 3. The summed E-state index contributed by atoms with van der Waals surface area (Å²) in [5.41, 5.74) is 1.10. The van der Waals surface area contributed by atoms with Gasteiger partial charge in [-0.05, 0) is 37.3 Å². The van der Waals surface area contributed by atoms with E-state index in [0.29, 0.717) is 11.3 Å². The van der Waals surface area contributed by atoms with E-state index in [0.717, 1.165) is 0 Å². The highest BCUT2D eigenvalue weighted by atomic mass is 35.5. The molecular weight excluding hydrogens is 355 g/mol. The Morgan fingerprint density at radius 3 is 2.38 bits per heavy atom. The van der Waals surface area contributed by atoms with Crippen molar-refractivity contribution >= 4 is 46.5 Å². The number of Topliss-reactive ketones (excluding diaryl/α,β-unsaturated/α-hetero) is 1. The topological polar surface area (TPSA) is 85.4 Å². The first-order valence-corrected chi connectivity index (χ1v) is 7.51. The molecule has 0 unspecified atom stereocenters. The van der Waals surface area contributed by atoms with E-state index in [4.69, 9.17) is 27.9 Å². The molecule has 0 aliphatic rings. The molecule has 0 saturated carbocycles. The molecule has 124 valence electrons. The SMILES string of the molecule is CC(=O)c1ccc(NC(=O)COC(=O)c2cnc(Cl)c(Cl)c2)cc1. The summed E-state index contributed by atoms with van der Waals surface area (Å²) < 4.78 is 4.87. The first-order valence-electron chi connectivity index (χ1n) is 6.76. The van der Waals surface area contributed by atoms with Gasteiger partial charge in [0.1, 0.15) is 5.15 Å². The number of hydrogen-bond donors (Lipinski definition) is 1. The number of esters is 1. The Morgan fingerprint density at radius 1 is 1.12 bits per heavy atom. The number of ketones is 1. The predicted octanol–water partition coefficient (Wildman–Crippen LogP) is 3.39. The van der Waals surface area contributed by atoms with Crippen LogP contribution in [-0.2, 0) is 9.53 Å². The molecule has 2 aromatic rings. The van der Waals surface area contributed by atoms with Gasteiger partial charge in [0.15, 0.2) is 12.4 Å². The average Bonchev–Trinajstić information content (AvgIpc) is 2.55. The van der Waals surface area contributed by atoms with Crippen molar-refractivity contribution in [1.29, 1.82) is 0 Å². The lowest BCUT2D eigenvalue weighted by atomic mass is 10.1. The maximum absolute atomic E-state index is 11.8. The summed E-state index contributed by atoms with van der Waals surface area (Å²) in [6.45, 7) is 0.971. The lowest BCUT2D eigenvalue weighted by molar-refractivity contribution is -0.119. The number of anilines is 1. The molecule has 1 aromatic heterocycles. The standard InChI is InChI=1S/C16H12Cl2N2O4/c1-9(21)10-2-4-12(5-3-10)20-14(22)8-24-16(23)11-6-13(17)15(18)19-7-11/h2-7H,8H2,1H3,(H,20,22). The molecule has 1 amide bonds. The van der Waals surface area contributed by atoms with Gasteiger partial charge in [-0.1, -0.05) is 23.2 Å². The first-order chi connectivity index (χ1) is 11.4. The van der Waals surface area contributed by atoms with Gasteiger partial charge in [-0.15, -0.1) is 0 Å². The van der Waals surface area contributed by atoms with Gasteiger partial charge in [-0.25, -0.2) is 9.78 Å². The van der Waals surface area contributed by atoms with Crippen molar-refractivity contribution in [2.24, 2.45) is 0 Å². The zero-order valence-corrected chi connectivity index (χ0v) is 14.0. The van der Waals surface area contributed by atoms with Crippen molar-refractivity contribution in [2.75, 3.05) is 11.9 Å². The number of nitrogens with one attached hydrogen (secondary N) is 1. The molecule has 24 heavy (non-hydrogen) atoms. The van der Waals surface area contributed by atoms with Crippen LogP contribution < -0.4 is 5.32 Å². The number of ether oxygens (including phenoxy) is 1. The molecule has 0 spiro atoms. The molecule has 0 fully saturated rings. The van der Waals surface area contributed by atoms with Gasteiger partial charge < -0.3 is 10.1 Å². The first kappa shape index (κ1) is 17.9. The molecular formula is C16H12Cl2N2O4. The van der Waals surface area contributed by atoms with Crippen molar-refractivity contribution < 1.29 is 19.1 Å². The van der Waals surface area contributed by atoms with Crippen molar-refractivity contribution in [1.82, 2.24) is 4.98 Å². The minimum absolute atomic E-state index is 0.0694. The van der Waals surface area contributed by atoms with Crippen LogP contribution in [0, 0.1) is 0 Å². The fourth-order valence-corrected chi connectivity index (χ4v) is 2.00. The van der Waals surface area contributed by atoms with Crippen LogP contribution in [0.3, 0.4) is 0 Å². The molecule has 1 aromatic carbocycles. The lowest BCUT2D eigenvalue weighted by Crippen LogP contribution is -2.21. The van der Waals surface area contributed by atoms with Gasteiger partial charge in [-0.3, -0.25) is 9.59 Å². The Balaban J connectivity index is 1.89. The second-order valence-electron chi connectivity index (χ2n) is 4.75. The third-order valence-corrected chi connectivity index (χ3v) is 3.63. The minimum Gasteiger partial charge on any atom is -0.452 e. The zero-order chi connectivity index (χ0) is 17.7. The third-order valence-electron chi connectivity index (χ3n) is 2.94. The van der Waals surface area contributed by atoms with E-state index >= 15 is 0 Å². The van der Waals surface area contributed by atoms with Crippen LogP contribution in [0.1, 0.15) is 27.6 Å². The van der Waals surface area contributed by atoms with Crippen LogP contribution >= 0.6 is 23.2 Å². The second-order valence-corrected chi connectivity index (χ2v) is 5.52. The highest BCUT2D eigenvalue weighted by molar-refractivity contribution is 6.41. The van der Waals surface area contributed by atoms with Crippen LogP contribution in [0.15, 0.2) is 36.5 Å². The fourth-order valence-electron chi connectivity index (χ4n) is 1.73. The van der Waals surface area contributed by atoms with Gasteiger partial charge in [0.05, 0.1) is 10.6 Å². The quantitative estimate of drug-likeness (QED) is 0.497. The van der Waals surface area contributed by atoms with E-state index in [9.17, 15) is 14.4 Å². The van der Waals surface area contributed by atoms with Gasteiger partial charge in [-0.2, -0.15) is 0 Å². The summed E-state index contributed by atoms with van der Waals surface area (Å²) in [4.78, 5) is 38.5. The van der Waals surface area contributed by atoms with E-state index in [1.165, 1.54) is 19.2 Å². The van der Waals surface area contributed by atoms with Gasteiger partial charge >= 0.3 is 5.97 Å². The fraction of sp³-hybridized carbons (Fsp3) is 0.125. The molecule has 1 N–H and O–H groups in total. The van der Waals surface area contributed by atoms with Crippen molar-refractivity contribution in [3.8, 4) is 0 Å². The number of amides is 1. The zero-order valence-electron chi connectivity index (χ0n) is 12.5. The predicted molar refractivity (Wildman–Crippen MR) is 89.6 cm³/mol. The molecule has 6 nitrogen and oxygen atoms in total. The van der Waals surface area contributed by atoms with E-state index in [-0.39, 0.29) is 21.5 Å². The second kappa shape index (κ2) is 7.90. The number of hydrogen-bond acceptors (Lipinski definition) is 5. The summed E-state index contributed by atoms with van der Waals surface area (Å²) in [5.74, 6) is -1.34. The van der Waals surface area contributed by atoms with E-state index in [1.54, 1.807) is 24.3 Å². The van der Waals surface area contributed by atoms with Crippen molar-refractivity contribution in [3.05, 3.63) is 57.8 Å². The highest BCUT2D eigenvalue weighted by Gasteiger charge is 2.13. The van der Waals surface area contributed by atoms with Crippen LogP contribution in [0.25, 0.3) is 0 Å². The highest BCUT2D eigenvalue weighted by Crippen LogP contribution is 2.20. The van der Waals surface area contributed by atoms with Crippen LogP contribution in [0.2, 0.25) is 10.2 Å². The van der Waals surface area contributed by atoms with Gasteiger partial charge in [0.25, 0.3) is 5.91 Å². The largest absolute Gasteiger partial charge is 0.452 e. The lowest BCUT2D eigenvalue weighted by Gasteiger charge is -2.07. The Morgan fingerprint density at radius 2 is 1.79 bits per heavy atom. The summed E-state index contributed by atoms with van der Waals surface area (Å²) >= 11 is 11.4. The number of rotatable bonds is 5. The summed E-state index contributed by atoms with van der Waals surface area (Å²) in [5, 5.41) is 2.73. The molecule has 0 atom stereocenters. The molecule has 2 rings (SSSR count). The number of aromatic nitrogens is 1. The van der Waals surface area contributed by atoms with Crippen molar-refractivity contribution in [2.45, 2.75) is 6.92 Å². The van der Waals surface area contributed by atoms with E-state index in [1.807, 2.05) is 0 Å². The Bertz CT molecular complexity index is 791. The number of nitrogens with zero attached hydrogens (tertiary/aromatic N) is 1. The summed E-state index contributed by atoms with van der Waals surface area (Å²) in [6, 6.07) is 7.65. The molecule has 0 aliphatic carbocycles. The maximum atomic E-state index is 11.8. The van der Waals surface area contributed by atoms with Crippen LogP contribution in [0.5, 0.6) is 0 Å². The number of carbonyl (C=O) groups excluding carboxylic acids is 3. The Kier molecular flexibility index (Phi) is 5.89. The van der Waals surface area contributed by atoms with Crippen molar-refractivity contribution in [3.63, 3.8) is 0 Å². The number of pyridine rings is 1. The average molecular weight is 367 g/mol. The maximum Gasteiger partial charge on any atom is 0.340 e. The number of benzene rings is 1. The van der Waals surface area contributed by atoms with Gasteiger partial charge in [0, 0.05) is 17.4 Å². The molecule has 0 saturated heterocycles. The third kappa shape index (κ3) is 4.78. The van der Waals surface area contributed by atoms with Crippen LogP contribution in [-0.4, -0.2) is 29.3 Å². The number of halogens is 2. The Labute approximate surface area is 147 Å². The minimum atomic E-state index is -0.747. The molecule has 0 aliphatic heterocycles. The smallest absolute Gasteiger partial charge is 0.340 e. The summed E-state index contributed by atoms with van der Waals surface area (Å²) in [6.07, 6.45) is 1.20. The molecule has 0 radical (unpaired) electrons. The normalized spacial score (nSPS) is 10.1. The molecule has 1 heterocycles. The molecule has 8 heteroatoms. The summed E-state index contributed by atoms with van der Waals surface area (Å²) in [7, 11) is 0.